The van der Waals surface area contributed by atoms with Crippen LogP contribution in [-0.2, 0) is 0 Å². The lowest BCUT2D eigenvalue weighted by Crippen LogP contribution is -1.93. The fraction of sp³-hybridized carbons (Fsp3) is 0. The second kappa shape index (κ2) is 8.22. The zero-order chi connectivity index (χ0) is 25.1. The third-order valence-electron chi connectivity index (χ3n) is 7.61. The van der Waals surface area contributed by atoms with Crippen molar-refractivity contribution in [3.8, 4) is 27.9 Å². The number of benzene rings is 6. The van der Waals surface area contributed by atoms with E-state index in [1.54, 1.807) is 0 Å². The SMILES string of the molecule is c1cc(-c2ccc(-n3c4ccccc4c4ccccc43)cc2)cc(-c2ccc3oc4ccccc4c3c2)c1. The molecule has 0 fully saturated rings. The van der Waals surface area contributed by atoms with Gasteiger partial charge in [0.25, 0.3) is 0 Å². The van der Waals surface area contributed by atoms with Gasteiger partial charge in [-0.2, -0.15) is 0 Å². The fourth-order valence-electron chi connectivity index (χ4n) is 5.79. The lowest BCUT2D eigenvalue weighted by atomic mass is 9.98. The number of fused-ring (bicyclic) bond motifs is 6. The van der Waals surface area contributed by atoms with Crippen LogP contribution in [0.15, 0.2) is 144 Å². The van der Waals surface area contributed by atoms with Gasteiger partial charge >= 0.3 is 0 Å². The van der Waals surface area contributed by atoms with E-state index in [-0.39, 0.29) is 0 Å². The van der Waals surface area contributed by atoms with Gasteiger partial charge in [0.15, 0.2) is 0 Å². The van der Waals surface area contributed by atoms with E-state index in [1.807, 2.05) is 12.1 Å². The van der Waals surface area contributed by atoms with Crippen molar-refractivity contribution in [2.75, 3.05) is 0 Å². The lowest BCUT2D eigenvalue weighted by molar-refractivity contribution is 0.669. The molecule has 8 aromatic rings. The van der Waals surface area contributed by atoms with Crippen molar-refractivity contribution < 1.29 is 4.42 Å². The molecule has 0 unspecified atom stereocenters. The largest absolute Gasteiger partial charge is 0.456 e. The summed E-state index contributed by atoms with van der Waals surface area (Å²) < 4.78 is 8.39. The predicted molar refractivity (Wildman–Crippen MR) is 159 cm³/mol. The minimum Gasteiger partial charge on any atom is -0.456 e. The molecular weight excluding hydrogens is 462 g/mol. The Bertz CT molecular complexity index is 2070. The Kier molecular flexibility index (Phi) is 4.55. The minimum atomic E-state index is 0.923. The molecule has 6 aromatic carbocycles. The van der Waals surface area contributed by atoms with E-state index >= 15 is 0 Å². The Hall–Kier alpha value is -5.08. The van der Waals surface area contributed by atoms with Gasteiger partial charge in [0.05, 0.1) is 11.0 Å². The average Bonchev–Trinajstić information content (AvgIpc) is 3.53. The number of para-hydroxylation sites is 3. The highest BCUT2D eigenvalue weighted by atomic mass is 16.3. The van der Waals surface area contributed by atoms with Gasteiger partial charge in [-0.15, -0.1) is 0 Å². The normalized spacial score (nSPS) is 11.7. The Morgan fingerprint density at radius 2 is 0.921 bits per heavy atom. The van der Waals surface area contributed by atoms with Gasteiger partial charge in [-0.25, -0.2) is 0 Å². The number of hydrogen-bond donors (Lipinski definition) is 0. The summed E-state index contributed by atoms with van der Waals surface area (Å²) in [5.41, 5.74) is 10.3. The van der Waals surface area contributed by atoms with Crippen LogP contribution < -0.4 is 0 Å². The summed E-state index contributed by atoms with van der Waals surface area (Å²) in [5.74, 6) is 0. The number of rotatable bonds is 3. The first-order chi connectivity index (χ1) is 18.8. The lowest BCUT2D eigenvalue weighted by Gasteiger charge is -2.10. The van der Waals surface area contributed by atoms with Crippen LogP contribution in [0, 0.1) is 0 Å². The van der Waals surface area contributed by atoms with Crippen LogP contribution in [0.25, 0.3) is 71.7 Å². The molecule has 0 aliphatic carbocycles. The van der Waals surface area contributed by atoms with Crippen LogP contribution in [-0.4, -0.2) is 4.57 Å². The summed E-state index contributed by atoms with van der Waals surface area (Å²) in [7, 11) is 0. The maximum atomic E-state index is 6.03. The molecule has 0 amide bonds. The van der Waals surface area contributed by atoms with Crippen LogP contribution in [0.3, 0.4) is 0 Å². The third-order valence-corrected chi connectivity index (χ3v) is 7.61. The molecule has 0 radical (unpaired) electrons. The zero-order valence-electron chi connectivity index (χ0n) is 20.6. The molecule has 38 heavy (non-hydrogen) atoms. The number of nitrogens with zero attached hydrogens (tertiary/aromatic N) is 1. The van der Waals surface area contributed by atoms with Crippen molar-refractivity contribution in [1.82, 2.24) is 4.57 Å². The van der Waals surface area contributed by atoms with E-state index in [1.165, 1.54) is 49.7 Å². The minimum absolute atomic E-state index is 0.923. The van der Waals surface area contributed by atoms with Crippen LogP contribution in [0.5, 0.6) is 0 Å². The summed E-state index contributed by atoms with van der Waals surface area (Å²) in [6.07, 6.45) is 0. The first-order valence-electron chi connectivity index (χ1n) is 12.9. The molecule has 2 nitrogen and oxygen atoms in total. The van der Waals surface area contributed by atoms with Crippen molar-refractivity contribution >= 4 is 43.7 Å². The summed E-state index contributed by atoms with van der Waals surface area (Å²) in [5, 5.41) is 4.87. The highest BCUT2D eigenvalue weighted by Gasteiger charge is 2.12. The monoisotopic (exact) mass is 485 g/mol. The molecule has 0 spiro atoms. The third kappa shape index (κ3) is 3.21. The molecule has 2 aromatic heterocycles. The van der Waals surface area contributed by atoms with Gasteiger partial charge in [0, 0.05) is 27.2 Å². The van der Waals surface area contributed by atoms with Gasteiger partial charge in [0.2, 0.25) is 0 Å². The predicted octanol–water partition coefficient (Wildman–Crippen LogP) is 10.0. The van der Waals surface area contributed by atoms with Gasteiger partial charge in [-0.1, -0.05) is 91.0 Å². The summed E-state index contributed by atoms with van der Waals surface area (Å²) >= 11 is 0. The molecule has 0 bridgehead atoms. The Labute approximate surface area is 220 Å². The standard InChI is InChI=1S/C36H23NO/c1-4-13-33-29(10-1)30-11-2-5-14-34(30)37(33)28-19-16-24(17-20-28)25-8-7-9-26(22-25)27-18-21-36-32(23-27)31-12-3-6-15-35(31)38-36/h1-23H. The molecule has 0 saturated carbocycles. The molecule has 0 atom stereocenters. The molecule has 0 N–H and O–H groups in total. The number of furan rings is 1. The first-order valence-corrected chi connectivity index (χ1v) is 12.9. The van der Waals surface area contributed by atoms with Gasteiger partial charge in [-0.3, -0.25) is 0 Å². The maximum Gasteiger partial charge on any atom is 0.135 e. The fourth-order valence-corrected chi connectivity index (χ4v) is 5.79. The summed E-state index contributed by atoms with van der Waals surface area (Å²) in [4.78, 5) is 0. The molecule has 0 aliphatic rings. The van der Waals surface area contributed by atoms with Crippen molar-refractivity contribution in [2.45, 2.75) is 0 Å². The van der Waals surface area contributed by atoms with E-state index in [2.05, 4.69) is 132 Å². The molecule has 178 valence electrons. The van der Waals surface area contributed by atoms with Crippen molar-refractivity contribution in [3.05, 3.63) is 140 Å². The topological polar surface area (TPSA) is 18.1 Å². The maximum absolute atomic E-state index is 6.03. The molecule has 8 rings (SSSR count). The van der Waals surface area contributed by atoms with Gasteiger partial charge < -0.3 is 8.98 Å². The molecular formula is C36H23NO. The number of aromatic nitrogens is 1. The highest BCUT2D eigenvalue weighted by molar-refractivity contribution is 6.09. The van der Waals surface area contributed by atoms with E-state index in [9.17, 15) is 0 Å². The van der Waals surface area contributed by atoms with Crippen LogP contribution >= 0.6 is 0 Å². The zero-order valence-corrected chi connectivity index (χ0v) is 20.6. The quantitative estimate of drug-likeness (QED) is 0.243. The second-order valence-corrected chi connectivity index (χ2v) is 9.81. The molecule has 2 heteroatoms. The van der Waals surface area contributed by atoms with Gasteiger partial charge in [-0.05, 0) is 70.8 Å². The van der Waals surface area contributed by atoms with Gasteiger partial charge in [0.1, 0.15) is 11.2 Å². The summed E-state index contributed by atoms with van der Waals surface area (Å²) in [6, 6.07) is 49.7. The van der Waals surface area contributed by atoms with E-state index < -0.39 is 0 Å². The smallest absolute Gasteiger partial charge is 0.135 e. The first kappa shape index (κ1) is 21.0. The highest BCUT2D eigenvalue weighted by Crippen LogP contribution is 2.35. The summed E-state index contributed by atoms with van der Waals surface area (Å²) in [6.45, 7) is 0. The second-order valence-electron chi connectivity index (χ2n) is 9.81. The Morgan fingerprint density at radius 3 is 1.66 bits per heavy atom. The van der Waals surface area contributed by atoms with E-state index in [0.29, 0.717) is 0 Å². The molecule has 0 aliphatic heterocycles. The molecule has 2 heterocycles. The van der Waals surface area contributed by atoms with E-state index in [4.69, 9.17) is 4.42 Å². The van der Waals surface area contributed by atoms with Crippen molar-refractivity contribution in [2.24, 2.45) is 0 Å². The van der Waals surface area contributed by atoms with Crippen molar-refractivity contribution in [3.63, 3.8) is 0 Å². The van der Waals surface area contributed by atoms with Crippen molar-refractivity contribution in [1.29, 1.82) is 0 Å². The Balaban J connectivity index is 1.20. The van der Waals surface area contributed by atoms with E-state index in [0.717, 1.165) is 21.9 Å². The van der Waals surface area contributed by atoms with Crippen LogP contribution in [0.1, 0.15) is 0 Å². The number of hydrogen-bond acceptors (Lipinski definition) is 1. The average molecular weight is 486 g/mol. The van der Waals surface area contributed by atoms with Crippen LogP contribution in [0.4, 0.5) is 0 Å². The molecule has 0 saturated heterocycles. The Morgan fingerprint density at radius 1 is 0.368 bits per heavy atom. The van der Waals surface area contributed by atoms with Crippen LogP contribution in [0.2, 0.25) is 0 Å².